The normalized spacial score (nSPS) is 14.9. The molecule has 0 bridgehead atoms. The van der Waals surface area contributed by atoms with Crippen molar-refractivity contribution in [1.29, 1.82) is 0 Å². The average molecular weight is 343 g/mol. The molecule has 1 aromatic carbocycles. The fourth-order valence-corrected chi connectivity index (χ4v) is 3.09. The molecule has 1 aromatic heterocycles. The van der Waals surface area contributed by atoms with E-state index < -0.39 is 0 Å². The maximum atomic E-state index is 12.8. The van der Waals surface area contributed by atoms with Gasteiger partial charge in [0.2, 0.25) is 5.89 Å². The number of aromatic nitrogens is 1. The van der Waals surface area contributed by atoms with E-state index in [0.29, 0.717) is 23.7 Å². The van der Waals surface area contributed by atoms with E-state index in [2.05, 4.69) is 10.3 Å². The maximum absolute atomic E-state index is 12.8. The molecule has 0 aliphatic carbocycles. The molecule has 1 saturated heterocycles. The molecule has 0 spiro atoms. The number of carbonyl (C=O) groups excluding carboxylic acids is 1. The van der Waals surface area contributed by atoms with Gasteiger partial charge in [0.05, 0.1) is 25.5 Å². The standard InChI is InChI=1S/C19H25N3O3/c1-14-12-21-18(25-14)13-20-16-11-15(7-8-17(16)24-2)19(23)22-9-5-3-4-6-10-22/h7-8,11-12,20H,3-6,9-10,13H2,1-2H3. The van der Waals surface area contributed by atoms with E-state index in [1.807, 2.05) is 30.0 Å². The van der Waals surface area contributed by atoms with Gasteiger partial charge in [-0.15, -0.1) is 0 Å². The summed E-state index contributed by atoms with van der Waals surface area (Å²) in [5.41, 5.74) is 1.44. The molecule has 1 aliphatic rings. The zero-order chi connectivity index (χ0) is 17.6. The van der Waals surface area contributed by atoms with Gasteiger partial charge in [-0.05, 0) is 38.0 Å². The Hall–Kier alpha value is -2.50. The molecule has 6 heteroatoms. The molecule has 0 saturated carbocycles. The number of rotatable bonds is 5. The summed E-state index contributed by atoms with van der Waals surface area (Å²) in [6.07, 6.45) is 6.25. The van der Waals surface area contributed by atoms with Crippen LogP contribution in [0.25, 0.3) is 0 Å². The number of carbonyl (C=O) groups is 1. The van der Waals surface area contributed by atoms with Crippen molar-refractivity contribution in [3.05, 3.63) is 41.6 Å². The maximum Gasteiger partial charge on any atom is 0.253 e. The van der Waals surface area contributed by atoms with E-state index in [1.54, 1.807) is 13.3 Å². The first-order valence-corrected chi connectivity index (χ1v) is 8.80. The summed E-state index contributed by atoms with van der Waals surface area (Å²) in [5.74, 6) is 2.15. The van der Waals surface area contributed by atoms with Gasteiger partial charge in [0.25, 0.3) is 5.91 Å². The highest BCUT2D eigenvalue weighted by Crippen LogP contribution is 2.27. The SMILES string of the molecule is COc1ccc(C(=O)N2CCCCCC2)cc1NCc1ncc(C)o1. The number of ether oxygens (including phenoxy) is 1. The van der Waals surface area contributed by atoms with E-state index in [-0.39, 0.29) is 5.91 Å². The van der Waals surface area contributed by atoms with Crippen LogP contribution >= 0.6 is 0 Å². The van der Waals surface area contributed by atoms with Gasteiger partial charge in [0.15, 0.2) is 0 Å². The summed E-state index contributed by atoms with van der Waals surface area (Å²) in [6.45, 7) is 3.97. The highest BCUT2D eigenvalue weighted by atomic mass is 16.5. The first-order chi connectivity index (χ1) is 12.2. The van der Waals surface area contributed by atoms with Crippen LogP contribution in [-0.4, -0.2) is 36.0 Å². The van der Waals surface area contributed by atoms with E-state index in [4.69, 9.17) is 9.15 Å². The Bertz CT molecular complexity index is 718. The lowest BCUT2D eigenvalue weighted by atomic mass is 10.1. The quantitative estimate of drug-likeness (QED) is 0.898. The Morgan fingerprint density at radius 3 is 2.68 bits per heavy atom. The number of likely N-dealkylation sites (tertiary alicyclic amines) is 1. The van der Waals surface area contributed by atoms with E-state index in [1.165, 1.54) is 12.8 Å². The van der Waals surface area contributed by atoms with Gasteiger partial charge in [-0.2, -0.15) is 0 Å². The van der Waals surface area contributed by atoms with Crippen LogP contribution in [-0.2, 0) is 6.54 Å². The van der Waals surface area contributed by atoms with Crippen molar-refractivity contribution >= 4 is 11.6 Å². The van der Waals surface area contributed by atoms with Gasteiger partial charge in [0, 0.05) is 18.7 Å². The van der Waals surface area contributed by atoms with Crippen molar-refractivity contribution in [1.82, 2.24) is 9.88 Å². The molecule has 2 aromatic rings. The second kappa shape index (κ2) is 8.05. The number of nitrogens with one attached hydrogen (secondary N) is 1. The number of nitrogens with zero attached hydrogens (tertiary/aromatic N) is 2. The molecule has 1 N–H and O–H groups in total. The average Bonchev–Trinajstić information content (AvgIpc) is 2.87. The fraction of sp³-hybridized carbons (Fsp3) is 0.474. The zero-order valence-corrected chi connectivity index (χ0v) is 14.9. The summed E-state index contributed by atoms with van der Waals surface area (Å²) >= 11 is 0. The Balaban J connectivity index is 1.75. The lowest BCUT2D eigenvalue weighted by Crippen LogP contribution is -2.31. The third-order valence-corrected chi connectivity index (χ3v) is 4.44. The van der Waals surface area contributed by atoms with Gasteiger partial charge in [-0.25, -0.2) is 4.98 Å². The minimum atomic E-state index is 0.0829. The minimum absolute atomic E-state index is 0.0829. The van der Waals surface area contributed by atoms with Crippen LogP contribution in [0.5, 0.6) is 5.75 Å². The molecule has 1 fully saturated rings. The van der Waals surface area contributed by atoms with Crippen molar-refractivity contribution in [2.24, 2.45) is 0 Å². The number of hydrogen-bond acceptors (Lipinski definition) is 5. The van der Waals surface area contributed by atoms with Gasteiger partial charge < -0.3 is 19.4 Å². The largest absolute Gasteiger partial charge is 0.495 e. The molecule has 0 unspecified atom stereocenters. The minimum Gasteiger partial charge on any atom is -0.495 e. The third-order valence-electron chi connectivity index (χ3n) is 4.44. The molecular weight excluding hydrogens is 318 g/mol. The monoisotopic (exact) mass is 343 g/mol. The molecule has 2 heterocycles. The molecule has 134 valence electrons. The van der Waals surface area contributed by atoms with Crippen LogP contribution in [0.1, 0.15) is 47.7 Å². The highest BCUT2D eigenvalue weighted by molar-refractivity contribution is 5.95. The molecule has 0 atom stereocenters. The highest BCUT2D eigenvalue weighted by Gasteiger charge is 2.18. The summed E-state index contributed by atoms with van der Waals surface area (Å²) in [6, 6.07) is 5.50. The second-order valence-electron chi connectivity index (χ2n) is 6.34. The first kappa shape index (κ1) is 17.3. The molecule has 3 rings (SSSR count). The van der Waals surface area contributed by atoms with E-state index in [9.17, 15) is 4.79 Å². The van der Waals surface area contributed by atoms with Crippen molar-refractivity contribution < 1.29 is 13.9 Å². The number of anilines is 1. The Morgan fingerprint density at radius 2 is 2.04 bits per heavy atom. The predicted molar refractivity (Wildman–Crippen MR) is 95.9 cm³/mol. The Morgan fingerprint density at radius 1 is 1.28 bits per heavy atom. The topological polar surface area (TPSA) is 67.6 Å². The fourth-order valence-electron chi connectivity index (χ4n) is 3.09. The predicted octanol–water partition coefficient (Wildman–Crippen LogP) is 3.62. The summed E-state index contributed by atoms with van der Waals surface area (Å²) in [4.78, 5) is 18.9. The number of hydrogen-bond donors (Lipinski definition) is 1. The number of benzene rings is 1. The van der Waals surface area contributed by atoms with E-state index >= 15 is 0 Å². The van der Waals surface area contributed by atoms with Gasteiger partial charge >= 0.3 is 0 Å². The van der Waals surface area contributed by atoms with Gasteiger partial charge in [-0.3, -0.25) is 4.79 Å². The first-order valence-electron chi connectivity index (χ1n) is 8.80. The smallest absolute Gasteiger partial charge is 0.253 e. The van der Waals surface area contributed by atoms with E-state index in [0.717, 1.165) is 37.4 Å². The van der Waals surface area contributed by atoms with Crippen molar-refractivity contribution in [2.45, 2.75) is 39.2 Å². The molecule has 1 aliphatic heterocycles. The second-order valence-corrected chi connectivity index (χ2v) is 6.34. The molecule has 0 radical (unpaired) electrons. The van der Waals surface area contributed by atoms with Gasteiger partial charge in [-0.1, -0.05) is 12.8 Å². The molecular formula is C19H25N3O3. The van der Waals surface area contributed by atoms with Crippen LogP contribution in [0.15, 0.2) is 28.8 Å². The number of oxazole rings is 1. The third kappa shape index (κ3) is 4.32. The van der Waals surface area contributed by atoms with Crippen LogP contribution < -0.4 is 10.1 Å². The van der Waals surface area contributed by atoms with Crippen LogP contribution in [0.2, 0.25) is 0 Å². The zero-order valence-electron chi connectivity index (χ0n) is 14.9. The summed E-state index contributed by atoms with van der Waals surface area (Å²) in [5, 5.41) is 3.25. The molecule has 1 amide bonds. The summed E-state index contributed by atoms with van der Waals surface area (Å²) in [7, 11) is 1.62. The van der Waals surface area contributed by atoms with Gasteiger partial charge in [0.1, 0.15) is 11.5 Å². The van der Waals surface area contributed by atoms with Crippen molar-refractivity contribution in [3.63, 3.8) is 0 Å². The van der Waals surface area contributed by atoms with Crippen LogP contribution in [0.3, 0.4) is 0 Å². The van der Waals surface area contributed by atoms with Crippen LogP contribution in [0.4, 0.5) is 5.69 Å². The molecule has 25 heavy (non-hydrogen) atoms. The Kier molecular flexibility index (Phi) is 5.58. The molecule has 6 nitrogen and oxygen atoms in total. The van der Waals surface area contributed by atoms with Crippen molar-refractivity contribution in [3.8, 4) is 5.75 Å². The van der Waals surface area contributed by atoms with Crippen LogP contribution in [0, 0.1) is 6.92 Å². The summed E-state index contributed by atoms with van der Waals surface area (Å²) < 4.78 is 10.9. The number of aryl methyl sites for hydroxylation is 1. The number of methoxy groups -OCH3 is 1. The Labute approximate surface area is 148 Å². The number of amides is 1. The van der Waals surface area contributed by atoms with Crippen molar-refractivity contribution in [2.75, 3.05) is 25.5 Å². The lowest BCUT2D eigenvalue weighted by Gasteiger charge is -2.21. The lowest BCUT2D eigenvalue weighted by molar-refractivity contribution is 0.0761.